The van der Waals surface area contributed by atoms with Crippen molar-refractivity contribution in [3.63, 3.8) is 0 Å². The van der Waals surface area contributed by atoms with Gasteiger partial charge in [0.05, 0.1) is 13.2 Å². The average molecular weight is 379 g/mol. The van der Waals surface area contributed by atoms with Crippen LogP contribution in [0.25, 0.3) is 11.1 Å². The van der Waals surface area contributed by atoms with Gasteiger partial charge in [-0.1, -0.05) is 18.7 Å². The molecule has 0 fully saturated rings. The summed E-state index contributed by atoms with van der Waals surface area (Å²) in [6, 6.07) is 6.96. The lowest BCUT2D eigenvalue weighted by Crippen LogP contribution is -2.16. The van der Waals surface area contributed by atoms with Crippen LogP contribution < -0.4 is 14.8 Å². The first-order valence-electron chi connectivity index (χ1n) is 8.04. The Morgan fingerprint density at radius 1 is 1.33 bits per heavy atom. The lowest BCUT2D eigenvalue weighted by Gasteiger charge is -2.17. The molecule has 0 aliphatic carbocycles. The van der Waals surface area contributed by atoms with E-state index >= 15 is 0 Å². The molecule has 0 saturated carbocycles. The Bertz CT molecular complexity index is 876. The third-order valence-electron chi connectivity index (χ3n) is 4.10. The van der Waals surface area contributed by atoms with Gasteiger partial charge in [-0.25, -0.2) is 0 Å². The fraction of sp³-hybridized carbons (Fsp3) is 0.211. The van der Waals surface area contributed by atoms with Gasteiger partial charge in [0.1, 0.15) is 11.5 Å². The number of aliphatic hydroxyl groups is 1. The van der Waals surface area contributed by atoms with Crippen LogP contribution in [0.15, 0.2) is 43.0 Å². The Morgan fingerprint density at radius 3 is 2.63 bits per heavy atom. The van der Waals surface area contributed by atoms with E-state index in [0.29, 0.717) is 41.2 Å². The summed E-state index contributed by atoms with van der Waals surface area (Å²) in [4.78, 5) is 11.7. The fourth-order valence-electron chi connectivity index (χ4n) is 2.97. The van der Waals surface area contributed by atoms with Crippen LogP contribution in [0.5, 0.6) is 11.5 Å². The number of hydrogen-bond acceptors (Lipinski definition) is 4. The summed E-state index contributed by atoms with van der Waals surface area (Å²) >= 11 is 0. The highest BCUT2D eigenvalue weighted by atomic mass is 19.4. The van der Waals surface area contributed by atoms with Crippen molar-refractivity contribution in [1.29, 1.82) is 0 Å². The first-order chi connectivity index (χ1) is 12.8. The minimum absolute atomic E-state index is 0.295. The first kappa shape index (κ1) is 18.8. The van der Waals surface area contributed by atoms with Gasteiger partial charge in [0, 0.05) is 28.8 Å². The number of fused-ring (bicyclic) bond motifs is 1. The minimum Gasteiger partial charge on any atom is -0.492 e. The zero-order valence-corrected chi connectivity index (χ0v) is 14.1. The normalized spacial score (nSPS) is 12.9. The molecule has 1 aliphatic heterocycles. The number of rotatable bonds is 5. The molecule has 3 rings (SSSR count). The summed E-state index contributed by atoms with van der Waals surface area (Å²) in [5, 5.41) is 12.4. The van der Waals surface area contributed by atoms with E-state index in [0.717, 1.165) is 11.6 Å². The molecule has 2 aromatic carbocycles. The predicted molar refractivity (Wildman–Crippen MR) is 92.5 cm³/mol. The Hall–Kier alpha value is -3.00. The molecule has 0 unspecified atom stereocenters. The van der Waals surface area contributed by atoms with Crippen LogP contribution in [0.4, 0.5) is 18.9 Å². The molecule has 1 heterocycles. The van der Waals surface area contributed by atoms with Gasteiger partial charge < -0.3 is 19.9 Å². The van der Waals surface area contributed by atoms with Crippen LogP contribution in [0.2, 0.25) is 0 Å². The second-order valence-electron chi connectivity index (χ2n) is 5.78. The van der Waals surface area contributed by atoms with Gasteiger partial charge in [-0.2, -0.15) is 0 Å². The second-order valence-corrected chi connectivity index (χ2v) is 5.78. The SMILES string of the molecule is C=CC(=O)Nc1cc(-c2ccc(OC(F)(F)F)cc2)c2c(c1CO)CCO2. The van der Waals surface area contributed by atoms with Crippen LogP contribution in [-0.2, 0) is 17.8 Å². The Morgan fingerprint density at radius 2 is 2.04 bits per heavy atom. The number of halogens is 3. The molecule has 8 heteroatoms. The van der Waals surface area contributed by atoms with Gasteiger partial charge in [0.2, 0.25) is 5.91 Å². The van der Waals surface area contributed by atoms with Crippen molar-refractivity contribution in [1.82, 2.24) is 0 Å². The molecule has 0 bridgehead atoms. The largest absolute Gasteiger partial charge is 0.573 e. The smallest absolute Gasteiger partial charge is 0.492 e. The molecule has 0 aromatic heterocycles. The standard InChI is InChI=1S/C19H16F3NO4/c1-2-17(25)23-16-9-14(18-13(7-8-26-18)15(16)10-24)11-3-5-12(6-4-11)27-19(20,21)22/h2-6,9,24H,1,7-8,10H2,(H,23,25). The number of aliphatic hydroxyl groups excluding tert-OH is 1. The maximum Gasteiger partial charge on any atom is 0.573 e. The van der Waals surface area contributed by atoms with Gasteiger partial charge in [-0.3, -0.25) is 4.79 Å². The van der Waals surface area contributed by atoms with E-state index in [2.05, 4.69) is 16.6 Å². The van der Waals surface area contributed by atoms with Crippen LogP contribution in [0, 0.1) is 0 Å². The first-order valence-corrected chi connectivity index (χ1v) is 8.04. The number of benzene rings is 2. The number of alkyl halides is 3. The van der Waals surface area contributed by atoms with Crippen molar-refractivity contribution in [2.24, 2.45) is 0 Å². The molecule has 0 spiro atoms. The highest BCUT2D eigenvalue weighted by Gasteiger charge is 2.31. The molecule has 5 nitrogen and oxygen atoms in total. The predicted octanol–water partition coefficient (Wildman–Crippen LogP) is 3.80. The fourth-order valence-corrected chi connectivity index (χ4v) is 2.97. The summed E-state index contributed by atoms with van der Waals surface area (Å²) in [5.74, 6) is -0.237. The third-order valence-corrected chi connectivity index (χ3v) is 4.10. The molecule has 142 valence electrons. The van der Waals surface area contributed by atoms with Gasteiger partial charge in [-0.15, -0.1) is 13.2 Å². The summed E-state index contributed by atoms with van der Waals surface area (Å²) in [6.45, 7) is 3.51. The average Bonchev–Trinajstić information content (AvgIpc) is 3.10. The quantitative estimate of drug-likeness (QED) is 0.776. The molecular weight excluding hydrogens is 363 g/mol. The summed E-state index contributed by atoms with van der Waals surface area (Å²) in [6.07, 6.45) is -3.12. The molecule has 0 radical (unpaired) electrons. The summed E-state index contributed by atoms with van der Waals surface area (Å²) < 4.78 is 46.5. The lowest BCUT2D eigenvalue weighted by molar-refractivity contribution is -0.274. The zero-order chi connectivity index (χ0) is 19.6. The van der Waals surface area contributed by atoms with E-state index in [4.69, 9.17) is 4.74 Å². The molecule has 2 N–H and O–H groups in total. The van der Waals surface area contributed by atoms with Gasteiger partial charge >= 0.3 is 6.36 Å². The number of ether oxygens (including phenoxy) is 2. The van der Waals surface area contributed by atoms with Crippen molar-refractivity contribution in [3.05, 3.63) is 54.1 Å². The number of hydrogen-bond donors (Lipinski definition) is 2. The van der Waals surface area contributed by atoms with E-state index < -0.39 is 12.3 Å². The highest BCUT2D eigenvalue weighted by Crippen LogP contribution is 2.43. The number of carbonyl (C=O) groups is 1. The topological polar surface area (TPSA) is 67.8 Å². The van der Waals surface area contributed by atoms with Crippen molar-refractivity contribution in [3.8, 4) is 22.6 Å². The Balaban J connectivity index is 2.04. The molecule has 1 aliphatic rings. The molecule has 0 atom stereocenters. The lowest BCUT2D eigenvalue weighted by atomic mass is 9.95. The molecule has 0 saturated heterocycles. The van der Waals surface area contributed by atoms with Gasteiger partial charge in [0.15, 0.2) is 0 Å². The van der Waals surface area contributed by atoms with E-state index in [1.54, 1.807) is 6.07 Å². The highest BCUT2D eigenvalue weighted by molar-refractivity contribution is 6.00. The third kappa shape index (κ3) is 4.06. The van der Waals surface area contributed by atoms with E-state index in [1.165, 1.54) is 24.3 Å². The van der Waals surface area contributed by atoms with Gasteiger partial charge in [-0.05, 0) is 29.8 Å². The molecule has 1 amide bonds. The molecule has 2 aromatic rings. The van der Waals surface area contributed by atoms with Crippen LogP contribution in [0.3, 0.4) is 0 Å². The zero-order valence-electron chi connectivity index (χ0n) is 14.1. The maximum absolute atomic E-state index is 12.3. The Labute approximate surface area is 153 Å². The van der Waals surface area contributed by atoms with E-state index in [1.807, 2.05) is 0 Å². The van der Waals surface area contributed by atoms with Gasteiger partial charge in [0.25, 0.3) is 0 Å². The van der Waals surface area contributed by atoms with Crippen molar-refractivity contribution in [2.75, 3.05) is 11.9 Å². The number of amides is 1. The monoisotopic (exact) mass is 379 g/mol. The van der Waals surface area contributed by atoms with Crippen LogP contribution >= 0.6 is 0 Å². The molecular formula is C19H16F3NO4. The number of carbonyl (C=O) groups excluding carboxylic acids is 1. The molecule has 27 heavy (non-hydrogen) atoms. The second kappa shape index (κ2) is 7.32. The summed E-state index contributed by atoms with van der Waals surface area (Å²) in [5.41, 5.74) is 2.87. The van der Waals surface area contributed by atoms with Crippen molar-refractivity contribution >= 4 is 11.6 Å². The van der Waals surface area contributed by atoms with Crippen molar-refractivity contribution in [2.45, 2.75) is 19.4 Å². The summed E-state index contributed by atoms with van der Waals surface area (Å²) in [7, 11) is 0. The maximum atomic E-state index is 12.3. The van der Waals surface area contributed by atoms with E-state index in [-0.39, 0.29) is 12.4 Å². The van der Waals surface area contributed by atoms with Crippen LogP contribution in [0.1, 0.15) is 11.1 Å². The van der Waals surface area contributed by atoms with Crippen molar-refractivity contribution < 1.29 is 32.5 Å². The number of nitrogens with one attached hydrogen (secondary N) is 1. The Kier molecular flexibility index (Phi) is 5.09. The van der Waals surface area contributed by atoms with E-state index in [9.17, 15) is 23.1 Å². The van der Waals surface area contributed by atoms with Crippen LogP contribution in [-0.4, -0.2) is 24.0 Å². The number of anilines is 1. The minimum atomic E-state index is -4.77.